The summed E-state index contributed by atoms with van der Waals surface area (Å²) < 4.78 is 0. The number of aryl methyl sites for hydroxylation is 1. The molecule has 1 atom stereocenters. The van der Waals surface area contributed by atoms with Gasteiger partial charge in [-0.25, -0.2) is 0 Å². The van der Waals surface area contributed by atoms with Crippen molar-refractivity contribution in [3.63, 3.8) is 0 Å². The minimum Gasteiger partial charge on any atom is -0.144 e. The lowest BCUT2D eigenvalue weighted by Crippen LogP contribution is -2.07. The van der Waals surface area contributed by atoms with E-state index >= 15 is 0 Å². The molecule has 0 fully saturated rings. The van der Waals surface area contributed by atoms with Crippen LogP contribution in [0.5, 0.6) is 0 Å². The summed E-state index contributed by atoms with van der Waals surface area (Å²) in [4.78, 5) is 2.93. The zero-order valence-corrected chi connectivity index (χ0v) is 12.8. The Bertz CT molecular complexity index is 511. The Labute approximate surface area is 115 Å². The van der Waals surface area contributed by atoms with E-state index in [1.165, 1.54) is 20.9 Å². The molecule has 0 aliphatic heterocycles. The molecule has 0 saturated heterocycles. The van der Waals surface area contributed by atoms with E-state index in [0.29, 0.717) is 5.92 Å². The normalized spacial score (nSPS) is 13.6. The van der Waals surface area contributed by atoms with E-state index in [-0.39, 0.29) is 5.41 Å². The predicted octanol–water partition coefficient (Wildman–Crippen LogP) is 5.51. The second-order valence-corrected chi connectivity index (χ2v) is 7.20. The minimum atomic E-state index is 0.260. The molecule has 0 nitrogen and oxygen atoms in total. The summed E-state index contributed by atoms with van der Waals surface area (Å²) in [7, 11) is 0. The van der Waals surface area contributed by atoms with Crippen molar-refractivity contribution in [3.05, 3.63) is 57.3 Å². The highest BCUT2D eigenvalue weighted by atomic mass is 32.1. The van der Waals surface area contributed by atoms with Crippen LogP contribution >= 0.6 is 11.3 Å². The van der Waals surface area contributed by atoms with Gasteiger partial charge in [0, 0.05) is 15.7 Å². The van der Waals surface area contributed by atoms with E-state index in [0.717, 1.165) is 0 Å². The van der Waals surface area contributed by atoms with Gasteiger partial charge in [-0.2, -0.15) is 0 Å². The summed E-state index contributed by atoms with van der Waals surface area (Å²) in [5.41, 5.74) is 2.99. The molecule has 1 heteroatoms. The lowest BCUT2D eigenvalue weighted by molar-refractivity contribution is 0.604. The van der Waals surface area contributed by atoms with Gasteiger partial charge >= 0.3 is 0 Å². The Kier molecular flexibility index (Phi) is 3.63. The molecule has 2 aromatic rings. The third-order valence-corrected chi connectivity index (χ3v) is 5.06. The van der Waals surface area contributed by atoms with Gasteiger partial charge in [-0.15, -0.1) is 11.3 Å². The van der Waals surface area contributed by atoms with E-state index in [4.69, 9.17) is 0 Å². The van der Waals surface area contributed by atoms with Gasteiger partial charge < -0.3 is 0 Å². The molecule has 1 heterocycles. The second kappa shape index (κ2) is 4.89. The maximum absolute atomic E-state index is 2.29. The number of thiophene rings is 1. The minimum absolute atomic E-state index is 0.260. The van der Waals surface area contributed by atoms with Crippen molar-refractivity contribution in [1.29, 1.82) is 0 Å². The number of hydrogen-bond acceptors (Lipinski definition) is 1. The largest absolute Gasteiger partial charge is 0.144 e. The summed E-state index contributed by atoms with van der Waals surface area (Å²) in [6.45, 7) is 11.3. The SMILES string of the molecule is Cc1ccc(C(C)c2ccc(C(C)(C)C)s2)cc1. The molecule has 0 amide bonds. The van der Waals surface area contributed by atoms with Crippen LogP contribution in [0.4, 0.5) is 0 Å². The van der Waals surface area contributed by atoms with Gasteiger partial charge in [-0.05, 0) is 30.0 Å². The third kappa shape index (κ3) is 2.84. The lowest BCUT2D eigenvalue weighted by atomic mass is 9.94. The van der Waals surface area contributed by atoms with Crippen LogP contribution in [0.25, 0.3) is 0 Å². The van der Waals surface area contributed by atoms with Crippen LogP contribution in [0.1, 0.15) is 54.5 Å². The maximum atomic E-state index is 2.29. The first-order valence-electron chi connectivity index (χ1n) is 6.54. The highest BCUT2D eigenvalue weighted by molar-refractivity contribution is 7.12. The predicted molar refractivity (Wildman–Crippen MR) is 81.7 cm³/mol. The zero-order valence-electron chi connectivity index (χ0n) is 11.9. The van der Waals surface area contributed by atoms with Gasteiger partial charge in [0.25, 0.3) is 0 Å². The first kappa shape index (κ1) is 13.4. The first-order valence-corrected chi connectivity index (χ1v) is 7.36. The number of rotatable bonds is 2. The van der Waals surface area contributed by atoms with Crippen LogP contribution in [0.2, 0.25) is 0 Å². The van der Waals surface area contributed by atoms with E-state index in [1.807, 2.05) is 11.3 Å². The summed E-state index contributed by atoms with van der Waals surface area (Å²) in [5, 5.41) is 0. The maximum Gasteiger partial charge on any atom is 0.0155 e. The molecule has 0 spiro atoms. The number of benzene rings is 1. The fourth-order valence-corrected chi connectivity index (χ4v) is 3.15. The van der Waals surface area contributed by atoms with Crippen molar-refractivity contribution in [2.75, 3.05) is 0 Å². The molecule has 0 saturated carbocycles. The van der Waals surface area contributed by atoms with Crippen molar-refractivity contribution >= 4 is 11.3 Å². The van der Waals surface area contributed by atoms with E-state index < -0.39 is 0 Å². The molecular formula is C17H22S. The highest BCUT2D eigenvalue weighted by Gasteiger charge is 2.18. The summed E-state index contributed by atoms with van der Waals surface area (Å²) in [6, 6.07) is 13.5. The Morgan fingerprint density at radius 3 is 2.06 bits per heavy atom. The fourth-order valence-electron chi connectivity index (χ4n) is 2.01. The molecule has 0 bridgehead atoms. The van der Waals surface area contributed by atoms with Crippen molar-refractivity contribution < 1.29 is 0 Å². The Balaban J connectivity index is 2.26. The molecule has 0 aliphatic rings. The van der Waals surface area contributed by atoms with Gasteiger partial charge in [0.1, 0.15) is 0 Å². The average Bonchev–Trinajstić information content (AvgIpc) is 2.78. The zero-order chi connectivity index (χ0) is 13.3. The topological polar surface area (TPSA) is 0 Å². The van der Waals surface area contributed by atoms with E-state index in [2.05, 4.69) is 71.0 Å². The molecule has 1 unspecified atom stereocenters. The molecule has 96 valence electrons. The first-order chi connectivity index (χ1) is 8.38. The van der Waals surface area contributed by atoms with Gasteiger partial charge in [0.2, 0.25) is 0 Å². The molecule has 1 aromatic carbocycles. The standard InChI is InChI=1S/C17H22S/c1-12-6-8-14(9-7-12)13(2)15-10-11-16(18-15)17(3,4)5/h6-11,13H,1-5H3. The lowest BCUT2D eigenvalue weighted by Gasteiger charge is -2.16. The molecule has 0 N–H and O–H groups in total. The van der Waals surface area contributed by atoms with E-state index in [9.17, 15) is 0 Å². The quantitative estimate of drug-likeness (QED) is 0.666. The van der Waals surface area contributed by atoms with Crippen LogP contribution in [0.3, 0.4) is 0 Å². The van der Waals surface area contributed by atoms with Crippen LogP contribution in [-0.2, 0) is 5.41 Å². The van der Waals surface area contributed by atoms with Gasteiger partial charge in [0.15, 0.2) is 0 Å². The van der Waals surface area contributed by atoms with Crippen LogP contribution in [0.15, 0.2) is 36.4 Å². The third-order valence-electron chi connectivity index (χ3n) is 3.37. The number of hydrogen-bond donors (Lipinski definition) is 0. The van der Waals surface area contributed by atoms with Gasteiger partial charge in [-0.3, -0.25) is 0 Å². The van der Waals surface area contributed by atoms with Crippen molar-refractivity contribution in [1.82, 2.24) is 0 Å². The molecule has 0 aliphatic carbocycles. The van der Waals surface area contributed by atoms with Crippen LogP contribution in [0, 0.1) is 6.92 Å². The van der Waals surface area contributed by atoms with Crippen LogP contribution in [-0.4, -0.2) is 0 Å². The Hall–Kier alpha value is -1.08. The van der Waals surface area contributed by atoms with E-state index in [1.54, 1.807) is 0 Å². The summed E-state index contributed by atoms with van der Waals surface area (Å²) >= 11 is 1.95. The highest BCUT2D eigenvalue weighted by Crippen LogP contribution is 2.35. The monoisotopic (exact) mass is 258 g/mol. The summed E-state index contributed by atoms with van der Waals surface area (Å²) in [5.74, 6) is 0.492. The van der Waals surface area contributed by atoms with Gasteiger partial charge in [-0.1, -0.05) is 57.5 Å². The summed E-state index contributed by atoms with van der Waals surface area (Å²) in [6.07, 6.45) is 0. The Morgan fingerprint density at radius 1 is 0.944 bits per heavy atom. The van der Waals surface area contributed by atoms with Crippen molar-refractivity contribution in [2.24, 2.45) is 0 Å². The molecule has 18 heavy (non-hydrogen) atoms. The second-order valence-electron chi connectivity index (χ2n) is 6.08. The average molecular weight is 258 g/mol. The fraction of sp³-hybridized carbons (Fsp3) is 0.412. The molecule has 1 aromatic heterocycles. The molecular weight excluding hydrogens is 236 g/mol. The van der Waals surface area contributed by atoms with Crippen molar-refractivity contribution in [3.8, 4) is 0 Å². The van der Waals surface area contributed by atoms with Crippen LogP contribution < -0.4 is 0 Å². The van der Waals surface area contributed by atoms with Gasteiger partial charge in [0.05, 0.1) is 0 Å². The van der Waals surface area contributed by atoms with Crippen molar-refractivity contribution in [2.45, 2.75) is 46.0 Å². The molecule has 0 radical (unpaired) electrons. The smallest absolute Gasteiger partial charge is 0.0155 e. The Morgan fingerprint density at radius 2 is 1.56 bits per heavy atom. The molecule has 2 rings (SSSR count).